The van der Waals surface area contributed by atoms with Crippen LogP contribution in [0.1, 0.15) is 5.56 Å². The second-order valence-electron chi connectivity index (χ2n) is 1.96. The van der Waals surface area contributed by atoms with Crippen molar-refractivity contribution in [3.63, 3.8) is 0 Å². The lowest BCUT2D eigenvalue weighted by Gasteiger charge is -1.97. The zero-order chi connectivity index (χ0) is 8.27. The van der Waals surface area contributed by atoms with Crippen LogP contribution in [-0.2, 0) is 0 Å². The van der Waals surface area contributed by atoms with Crippen LogP contribution in [0.4, 0.5) is 0 Å². The van der Waals surface area contributed by atoms with Gasteiger partial charge in [-0.15, -0.1) is 0 Å². The van der Waals surface area contributed by atoms with Crippen molar-refractivity contribution in [2.24, 2.45) is 0 Å². The molecule has 0 aliphatic rings. The van der Waals surface area contributed by atoms with Crippen LogP contribution in [0.2, 0.25) is 5.02 Å². The molecule has 0 nitrogen and oxygen atoms in total. The summed E-state index contributed by atoms with van der Waals surface area (Å²) in [5.74, 6) is 0. The fourth-order valence-electron chi connectivity index (χ4n) is 0.705. The Bertz CT molecular complexity index is 281. The molecule has 0 atom stereocenters. The lowest BCUT2D eigenvalue weighted by molar-refractivity contribution is 1.60. The summed E-state index contributed by atoms with van der Waals surface area (Å²) in [6.45, 7) is 0. The third-order valence-electron chi connectivity index (χ3n) is 1.21. The number of hydrogen-bond acceptors (Lipinski definition) is 0. The van der Waals surface area contributed by atoms with Gasteiger partial charge < -0.3 is 0 Å². The van der Waals surface area contributed by atoms with Gasteiger partial charge in [0.15, 0.2) is 0 Å². The summed E-state index contributed by atoms with van der Waals surface area (Å²) in [5.41, 5.74) is 1.10. The smallest absolute Gasteiger partial charge is 0.0417 e. The van der Waals surface area contributed by atoms with E-state index in [-0.39, 0.29) is 0 Å². The van der Waals surface area contributed by atoms with Gasteiger partial charge in [0, 0.05) is 9.50 Å². The molecule has 0 aliphatic carbocycles. The van der Waals surface area contributed by atoms with Crippen molar-refractivity contribution in [2.45, 2.75) is 0 Å². The molecule has 1 aromatic rings. The number of rotatable bonds is 1. The number of hydrogen-bond donors (Lipinski definition) is 0. The lowest BCUT2D eigenvalue weighted by Crippen LogP contribution is -1.73. The van der Waals surface area contributed by atoms with E-state index in [1.54, 1.807) is 4.99 Å². The lowest BCUT2D eigenvalue weighted by atomic mass is 10.2. The van der Waals surface area contributed by atoms with Crippen LogP contribution < -0.4 is 0 Å². The third kappa shape index (κ3) is 2.62. The van der Waals surface area contributed by atoms with E-state index in [1.165, 1.54) is 0 Å². The van der Waals surface area contributed by atoms with E-state index >= 15 is 0 Å². The highest BCUT2D eigenvalue weighted by molar-refractivity contribution is 9.11. The molecular weight excluding hydrogens is 291 g/mol. The Morgan fingerprint density at radius 2 is 2.09 bits per heavy atom. The molecule has 0 amide bonds. The average molecular weight is 296 g/mol. The van der Waals surface area contributed by atoms with Crippen LogP contribution in [-0.4, -0.2) is 0 Å². The predicted molar refractivity (Wildman–Crippen MR) is 57.1 cm³/mol. The maximum atomic E-state index is 5.75. The van der Waals surface area contributed by atoms with Crippen LogP contribution in [0.15, 0.2) is 27.7 Å². The van der Waals surface area contributed by atoms with Crippen molar-refractivity contribution in [3.8, 4) is 0 Å². The molecule has 3 heteroatoms. The summed E-state index contributed by atoms with van der Waals surface area (Å²) < 4.78 is 1.00. The molecule has 0 heterocycles. The zero-order valence-electron chi connectivity index (χ0n) is 5.52. The van der Waals surface area contributed by atoms with Crippen molar-refractivity contribution in [3.05, 3.63) is 38.2 Å². The highest BCUT2D eigenvalue weighted by Gasteiger charge is 1.95. The summed E-state index contributed by atoms with van der Waals surface area (Å²) in [4.78, 5) is 1.81. The van der Waals surface area contributed by atoms with Gasteiger partial charge in [-0.2, -0.15) is 0 Å². The van der Waals surface area contributed by atoms with E-state index in [0.29, 0.717) is 0 Å². The fraction of sp³-hybridized carbons (Fsp3) is 0. The van der Waals surface area contributed by atoms with Crippen LogP contribution in [0.3, 0.4) is 0 Å². The van der Waals surface area contributed by atoms with E-state index in [0.717, 1.165) is 15.1 Å². The van der Waals surface area contributed by atoms with Crippen LogP contribution in [0.25, 0.3) is 6.08 Å². The molecular formula is C8H5Br2Cl. The van der Waals surface area contributed by atoms with E-state index in [4.69, 9.17) is 11.6 Å². The molecule has 0 radical (unpaired) electrons. The van der Waals surface area contributed by atoms with E-state index in [2.05, 4.69) is 31.9 Å². The van der Waals surface area contributed by atoms with Crippen molar-refractivity contribution >= 4 is 49.5 Å². The molecule has 0 unspecified atom stereocenters. The Balaban J connectivity index is 3.09. The SMILES string of the molecule is Clc1ccc(/C=C\Br)c(Br)c1. The minimum atomic E-state index is 0.739. The molecule has 0 aromatic heterocycles. The monoisotopic (exact) mass is 294 g/mol. The van der Waals surface area contributed by atoms with Gasteiger partial charge in [-0.3, -0.25) is 0 Å². The van der Waals surface area contributed by atoms with Gasteiger partial charge in [0.2, 0.25) is 0 Å². The Hall–Kier alpha value is 0.210. The second kappa shape index (κ2) is 4.29. The summed E-state index contributed by atoms with van der Waals surface area (Å²) in [6, 6.07) is 5.67. The van der Waals surface area contributed by atoms with Gasteiger partial charge >= 0.3 is 0 Å². The highest BCUT2D eigenvalue weighted by Crippen LogP contribution is 2.22. The van der Waals surface area contributed by atoms with E-state index in [9.17, 15) is 0 Å². The first kappa shape index (κ1) is 9.30. The Morgan fingerprint density at radius 3 is 2.64 bits per heavy atom. The van der Waals surface area contributed by atoms with Gasteiger partial charge in [0.05, 0.1) is 0 Å². The number of halogens is 3. The molecule has 0 N–H and O–H groups in total. The van der Waals surface area contributed by atoms with Crippen LogP contribution >= 0.6 is 43.5 Å². The average Bonchev–Trinajstić information content (AvgIpc) is 1.95. The Labute approximate surface area is 87.5 Å². The van der Waals surface area contributed by atoms with Crippen molar-refractivity contribution < 1.29 is 0 Å². The Kier molecular flexibility index (Phi) is 3.63. The van der Waals surface area contributed by atoms with E-state index < -0.39 is 0 Å². The quantitative estimate of drug-likeness (QED) is 0.717. The molecule has 1 rings (SSSR count). The second-order valence-corrected chi connectivity index (χ2v) is 3.78. The zero-order valence-corrected chi connectivity index (χ0v) is 9.45. The molecule has 0 aliphatic heterocycles. The molecule has 0 saturated heterocycles. The van der Waals surface area contributed by atoms with E-state index in [1.807, 2.05) is 24.3 Å². The predicted octanol–water partition coefficient (Wildman–Crippen LogP) is 4.47. The van der Waals surface area contributed by atoms with Gasteiger partial charge in [0.1, 0.15) is 0 Å². The Morgan fingerprint density at radius 1 is 1.36 bits per heavy atom. The minimum Gasteiger partial charge on any atom is -0.0843 e. The van der Waals surface area contributed by atoms with Crippen molar-refractivity contribution in [1.29, 1.82) is 0 Å². The van der Waals surface area contributed by atoms with Crippen LogP contribution in [0, 0.1) is 0 Å². The van der Waals surface area contributed by atoms with Crippen LogP contribution in [0.5, 0.6) is 0 Å². The number of benzene rings is 1. The van der Waals surface area contributed by atoms with Gasteiger partial charge in [-0.05, 0) is 28.8 Å². The molecule has 11 heavy (non-hydrogen) atoms. The molecule has 0 bridgehead atoms. The topological polar surface area (TPSA) is 0 Å². The van der Waals surface area contributed by atoms with Gasteiger partial charge in [-0.1, -0.05) is 49.5 Å². The summed E-state index contributed by atoms with van der Waals surface area (Å²) in [7, 11) is 0. The summed E-state index contributed by atoms with van der Waals surface area (Å²) >= 11 is 12.3. The molecule has 58 valence electrons. The first-order valence-electron chi connectivity index (χ1n) is 2.96. The van der Waals surface area contributed by atoms with Crippen molar-refractivity contribution in [1.82, 2.24) is 0 Å². The minimum absolute atomic E-state index is 0.739. The maximum Gasteiger partial charge on any atom is 0.0417 e. The molecule has 0 spiro atoms. The molecule has 0 saturated carbocycles. The third-order valence-corrected chi connectivity index (χ3v) is 2.39. The normalized spacial score (nSPS) is 10.8. The van der Waals surface area contributed by atoms with Crippen molar-refractivity contribution in [2.75, 3.05) is 0 Å². The molecule has 1 aromatic carbocycles. The standard InChI is InChI=1S/C8H5Br2Cl/c9-4-3-6-1-2-7(11)5-8(6)10/h1-5H/b4-3-. The van der Waals surface area contributed by atoms with Gasteiger partial charge in [-0.25, -0.2) is 0 Å². The largest absolute Gasteiger partial charge is 0.0843 e. The first-order chi connectivity index (χ1) is 5.24. The highest BCUT2D eigenvalue weighted by atomic mass is 79.9. The fourth-order valence-corrected chi connectivity index (χ4v) is 1.80. The van der Waals surface area contributed by atoms with Gasteiger partial charge in [0.25, 0.3) is 0 Å². The molecule has 0 fully saturated rings. The summed E-state index contributed by atoms with van der Waals surface area (Å²) in [6.07, 6.45) is 1.94. The summed E-state index contributed by atoms with van der Waals surface area (Å²) in [5, 5.41) is 0.739. The first-order valence-corrected chi connectivity index (χ1v) is 5.04. The maximum absolute atomic E-state index is 5.75.